The Balaban J connectivity index is 1.39. The number of pyridine rings is 1. The Kier molecular flexibility index (Phi) is 5.22. The zero-order valence-electron chi connectivity index (χ0n) is 16.8. The first kappa shape index (κ1) is 19.4. The van der Waals surface area contributed by atoms with Gasteiger partial charge in [0, 0.05) is 50.0 Å². The van der Waals surface area contributed by atoms with Crippen molar-refractivity contribution >= 4 is 23.1 Å². The Morgan fingerprint density at radius 3 is 2.97 bits per heavy atom. The summed E-state index contributed by atoms with van der Waals surface area (Å²) in [6.07, 6.45) is 5.18. The van der Waals surface area contributed by atoms with Gasteiger partial charge in [-0.25, -0.2) is 9.18 Å². The lowest BCUT2D eigenvalue weighted by atomic mass is 9.99. The summed E-state index contributed by atoms with van der Waals surface area (Å²) in [5.74, 6) is 0. The Morgan fingerprint density at radius 1 is 1.31 bits per heavy atom. The summed E-state index contributed by atoms with van der Waals surface area (Å²) in [6.45, 7) is 5.92. The van der Waals surface area contributed by atoms with Crippen molar-refractivity contribution < 1.29 is 9.18 Å². The van der Waals surface area contributed by atoms with Crippen molar-refractivity contribution in [2.45, 2.75) is 32.1 Å². The van der Waals surface area contributed by atoms with Gasteiger partial charge in [-0.1, -0.05) is 18.2 Å². The molecule has 2 amide bonds. The van der Waals surface area contributed by atoms with Crippen molar-refractivity contribution in [3.63, 3.8) is 0 Å². The van der Waals surface area contributed by atoms with Crippen molar-refractivity contribution in [2.24, 2.45) is 4.99 Å². The number of carbonyl (C=O) groups excluding carboxylic acids is 1. The van der Waals surface area contributed by atoms with Gasteiger partial charge in [0.05, 0.1) is 17.8 Å². The lowest BCUT2D eigenvalue weighted by molar-refractivity contribution is 0.0936. The predicted molar refractivity (Wildman–Crippen MR) is 113 cm³/mol. The van der Waals surface area contributed by atoms with Gasteiger partial charge in [-0.3, -0.25) is 9.98 Å². The van der Waals surface area contributed by atoms with E-state index >= 15 is 0 Å². The van der Waals surface area contributed by atoms with Gasteiger partial charge in [0.15, 0.2) is 5.67 Å². The van der Waals surface area contributed by atoms with Crippen LogP contribution in [0.5, 0.6) is 0 Å². The largest absolute Gasteiger partial charge is 0.368 e. The molecule has 2 atom stereocenters. The maximum absolute atomic E-state index is 14.8. The smallest absolute Gasteiger partial charge is 0.318 e. The van der Waals surface area contributed by atoms with Crippen molar-refractivity contribution in [3.05, 3.63) is 53.9 Å². The summed E-state index contributed by atoms with van der Waals surface area (Å²) < 4.78 is 14.8. The number of hydrogen-bond donors (Lipinski definition) is 1. The number of nitrogens with one attached hydrogen (secondary N) is 1. The van der Waals surface area contributed by atoms with Crippen LogP contribution < -0.4 is 5.32 Å². The molecule has 0 radical (unpaired) electrons. The van der Waals surface area contributed by atoms with Crippen LogP contribution in [0.4, 0.5) is 9.18 Å². The van der Waals surface area contributed by atoms with E-state index in [4.69, 9.17) is 0 Å². The number of allylic oxidation sites excluding steroid dienone is 1. The number of amides is 2. The molecule has 6 nitrogen and oxygen atoms in total. The second-order valence-corrected chi connectivity index (χ2v) is 7.87. The number of halogens is 1. The van der Waals surface area contributed by atoms with Gasteiger partial charge in [-0.2, -0.15) is 0 Å². The van der Waals surface area contributed by atoms with Gasteiger partial charge in [-0.15, -0.1) is 0 Å². The number of rotatable bonds is 3. The molecule has 0 aliphatic carbocycles. The Bertz CT molecular complexity index is 965. The van der Waals surface area contributed by atoms with E-state index in [1.165, 1.54) is 0 Å². The van der Waals surface area contributed by atoms with Crippen LogP contribution in [0.3, 0.4) is 0 Å². The van der Waals surface area contributed by atoms with Crippen molar-refractivity contribution in [1.82, 2.24) is 20.1 Å². The number of aromatic nitrogens is 1. The van der Waals surface area contributed by atoms with Gasteiger partial charge >= 0.3 is 6.03 Å². The summed E-state index contributed by atoms with van der Waals surface area (Å²) in [5.41, 5.74) is 1.15. The van der Waals surface area contributed by atoms with E-state index in [-0.39, 0.29) is 18.6 Å². The fourth-order valence-electron chi connectivity index (χ4n) is 4.11. The van der Waals surface area contributed by atoms with Crippen LogP contribution in [0.15, 0.2) is 53.3 Å². The minimum Gasteiger partial charge on any atom is -0.368 e. The molecule has 1 aromatic carbocycles. The molecule has 1 aromatic heterocycles. The molecule has 7 heteroatoms. The SMILES string of the molecule is C[C@@H]1CN(C2=CC=NCC2(C)F)CCN1C(=O)NCc1cccc2ncccc12. The molecule has 152 valence electrons. The third kappa shape index (κ3) is 3.95. The number of nitrogens with zero attached hydrogens (tertiary/aromatic N) is 4. The van der Waals surface area contributed by atoms with Gasteiger partial charge in [0.25, 0.3) is 0 Å². The number of dihydropyridines is 1. The van der Waals surface area contributed by atoms with Gasteiger partial charge in [-0.05, 0) is 37.6 Å². The Hall–Kier alpha value is -2.96. The maximum Gasteiger partial charge on any atom is 0.318 e. The number of urea groups is 1. The first-order valence-electron chi connectivity index (χ1n) is 9.97. The summed E-state index contributed by atoms with van der Waals surface area (Å²) in [7, 11) is 0. The maximum atomic E-state index is 14.8. The summed E-state index contributed by atoms with van der Waals surface area (Å²) in [5, 5.41) is 4.08. The fourth-order valence-corrected chi connectivity index (χ4v) is 4.11. The molecule has 2 aromatic rings. The molecule has 1 N–H and O–H groups in total. The molecule has 29 heavy (non-hydrogen) atoms. The third-order valence-electron chi connectivity index (χ3n) is 5.66. The lowest BCUT2D eigenvalue weighted by Crippen LogP contribution is -2.57. The molecule has 1 unspecified atom stereocenters. The summed E-state index contributed by atoms with van der Waals surface area (Å²) in [6, 6.07) is 9.72. The van der Waals surface area contributed by atoms with Gasteiger partial charge < -0.3 is 15.1 Å². The summed E-state index contributed by atoms with van der Waals surface area (Å²) in [4.78, 5) is 25.1. The fraction of sp³-hybridized carbons (Fsp3) is 0.409. The summed E-state index contributed by atoms with van der Waals surface area (Å²) >= 11 is 0. The van der Waals surface area contributed by atoms with E-state index in [9.17, 15) is 9.18 Å². The highest BCUT2D eigenvalue weighted by Gasteiger charge is 2.37. The van der Waals surface area contributed by atoms with E-state index < -0.39 is 5.67 Å². The number of fused-ring (bicyclic) bond motifs is 1. The molecule has 2 aliphatic rings. The molecule has 0 saturated carbocycles. The number of carbonyl (C=O) groups is 1. The average molecular weight is 395 g/mol. The number of benzene rings is 1. The van der Waals surface area contributed by atoms with Crippen LogP contribution in [0.25, 0.3) is 10.9 Å². The topological polar surface area (TPSA) is 60.8 Å². The van der Waals surface area contributed by atoms with Crippen molar-refractivity contribution in [3.8, 4) is 0 Å². The molecule has 2 aliphatic heterocycles. The molecule has 0 bridgehead atoms. The quantitative estimate of drug-likeness (QED) is 0.869. The van der Waals surface area contributed by atoms with Crippen molar-refractivity contribution in [2.75, 3.05) is 26.2 Å². The first-order valence-corrected chi connectivity index (χ1v) is 9.97. The molecule has 1 saturated heterocycles. The monoisotopic (exact) mass is 395 g/mol. The van der Waals surface area contributed by atoms with Crippen LogP contribution in [0.1, 0.15) is 19.4 Å². The second-order valence-electron chi connectivity index (χ2n) is 7.87. The first-order chi connectivity index (χ1) is 14.0. The number of hydrogen-bond acceptors (Lipinski definition) is 4. The zero-order chi connectivity index (χ0) is 20.4. The zero-order valence-corrected chi connectivity index (χ0v) is 16.8. The molecule has 1 fully saturated rings. The lowest BCUT2D eigenvalue weighted by Gasteiger charge is -2.44. The highest BCUT2D eigenvalue weighted by molar-refractivity contribution is 5.83. The van der Waals surface area contributed by atoms with Gasteiger partial charge in [0.2, 0.25) is 0 Å². The van der Waals surface area contributed by atoms with Crippen LogP contribution >= 0.6 is 0 Å². The molecule has 0 spiro atoms. The molecular formula is C22H26FN5O. The van der Waals surface area contributed by atoms with E-state index in [0.717, 1.165) is 16.5 Å². The van der Waals surface area contributed by atoms with Crippen LogP contribution in [0, 0.1) is 0 Å². The Morgan fingerprint density at radius 2 is 2.17 bits per heavy atom. The van der Waals surface area contributed by atoms with E-state index in [1.54, 1.807) is 25.4 Å². The molecule has 4 rings (SSSR count). The normalized spacial score (nSPS) is 24.5. The van der Waals surface area contributed by atoms with Crippen LogP contribution in [0.2, 0.25) is 0 Å². The number of alkyl halides is 1. The van der Waals surface area contributed by atoms with Gasteiger partial charge in [0.1, 0.15) is 0 Å². The van der Waals surface area contributed by atoms with E-state index in [0.29, 0.717) is 31.9 Å². The highest BCUT2D eigenvalue weighted by atomic mass is 19.1. The van der Waals surface area contributed by atoms with E-state index in [2.05, 4.69) is 15.3 Å². The third-order valence-corrected chi connectivity index (χ3v) is 5.66. The highest BCUT2D eigenvalue weighted by Crippen LogP contribution is 2.29. The predicted octanol–water partition coefficient (Wildman–Crippen LogP) is 3.15. The van der Waals surface area contributed by atoms with E-state index in [1.807, 2.05) is 47.1 Å². The molecular weight excluding hydrogens is 369 g/mol. The standard InChI is InChI=1S/C22H26FN5O/c1-16-14-27(20-8-10-24-15-22(20,2)23)11-12-28(16)21(29)26-13-17-5-3-7-19-18(17)6-4-9-25-19/h3-10,16H,11-15H2,1-2H3,(H,26,29)/t16-,22?/m1/s1. The second kappa shape index (κ2) is 7.81. The minimum atomic E-state index is -1.46. The number of piperazine rings is 1. The minimum absolute atomic E-state index is 0.0199. The van der Waals surface area contributed by atoms with Crippen LogP contribution in [-0.4, -0.2) is 64.9 Å². The van der Waals surface area contributed by atoms with Crippen LogP contribution in [-0.2, 0) is 6.54 Å². The average Bonchev–Trinajstić information content (AvgIpc) is 2.71. The molecule has 3 heterocycles. The van der Waals surface area contributed by atoms with Crippen molar-refractivity contribution in [1.29, 1.82) is 0 Å². The Labute approximate surface area is 170 Å². The number of aliphatic imine (C=N–C) groups is 1.